The van der Waals surface area contributed by atoms with E-state index in [4.69, 9.17) is 9.15 Å². The van der Waals surface area contributed by atoms with Gasteiger partial charge in [-0.05, 0) is 69.0 Å². The molecule has 5 nitrogen and oxygen atoms in total. The van der Waals surface area contributed by atoms with Gasteiger partial charge in [0.25, 0.3) is 5.91 Å². The fraction of sp³-hybridized carbons (Fsp3) is 0.360. The number of hydrogen-bond acceptors (Lipinski definition) is 4. The van der Waals surface area contributed by atoms with E-state index in [0.717, 1.165) is 21.2 Å². The van der Waals surface area contributed by atoms with Crippen LogP contribution in [0, 0.1) is 13.8 Å². The molecule has 2 heterocycles. The molecule has 4 rings (SSSR count). The number of ether oxygens (including phenoxy) is 1. The van der Waals surface area contributed by atoms with E-state index in [1.54, 1.807) is 4.90 Å². The van der Waals surface area contributed by atoms with Gasteiger partial charge in [-0.2, -0.15) is 0 Å². The summed E-state index contributed by atoms with van der Waals surface area (Å²) in [6, 6.07) is 11.1. The first-order chi connectivity index (χ1) is 14.8. The average Bonchev–Trinajstić information content (AvgIpc) is 2.97. The predicted molar refractivity (Wildman–Crippen MR) is 125 cm³/mol. The number of hydrogen-bond donors (Lipinski definition) is 0. The number of aryl methyl sites for hydroxylation is 2. The van der Waals surface area contributed by atoms with Crippen LogP contribution in [0.15, 0.2) is 50.1 Å². The summed E-state index contributed by atoms with van der Waals surface area (Å²) in [6.07, 6.45) is 0.806. The van der Waals surface area contributed by atoms with Crippen LogP contribution in [0.1, 0.15) is 59.1 Å². The highest BCUT2D eigenvalue weighted by atomic mass is 79.9. The monoisotopic (exact) mass is 483 g/mol. The SMILES string of the molecule is Cc1cc(C)c2c(=O)c3c(oc2c1)C(=O)N(CCCOC(C)C)C3c1cccc(Br)c1. The largest absolute Gasteiger partial charge is 0.450 e. The first kappa shape index (κ1) is 21.8. The maximum absolute atomic E-state index is 13.7. The highest BCUT2D eigenvalue weighted by Gasteiger charge is 2.42. The van der Waals surface area contributed by atoms with E-state index in [9.17, 15) is 9.59 Å². The molecule has 1 unspecified atom stereocenters. The minimum atomic E-state index is -0.486. The lowest BCUT2D eigenvalue weighted by molar-refractivity contribution is 0.0593. The minimum Gasteiger partial charge on any atom is -0.450 e. The molecule has 2 aromatic carbocycles. The summed E-state index contributed by atoms with van der Waals surface area (Å²) in [5.41, 5.74) is 3.48. The zero-order valence-corrected chi connectivity index (χ0v) is 19.8. The van der Waals surface area contributed by atoms with Gasteiger partial charge in [-0.15, -0.1) is 0 Å². The maximum Gasteiger partial charge on any atom is 0.290 e. The number of nitrogens with zero attached hydrogens (tertiary/aromatic N) is 1. The molecule has 0 spiro atoms. The van der Waals surface area contributed by atoms with Crippen LogP contribution in [0.5, 0.6) is 0 Å². The minimum absolute atomic E-state index is 0.131. The Hall–Kier alpha value is -2.44. The van der Waals surface area contributed by atoms with E-state index in [1.165, 1.54) is 0 Å². The second-order valence-electron chi connectivity index (χ2n) is 8.36. The summed E-state index contributed by atoms with van der Waals surface area (Å²) >= 11 is 3.52. The molecule has 162 valence electrons. The van der Waals surface area contributed by atoms with Gasteiger partial charge < -0.3 is 14.1 Å². The molecule has 0 radical (unpaired) electrons. The van der Waals surface area contributed by atoms with Crippen LogP contribution in [-0.4, -0.2) is 30.1 Å². The van der Waals surface area contributed by atoms with Crippen molar-refractivity contribution in [2.75, 3.05) is 13.2 Å². The Bertz CT molecular complexity index is 1210. The van der Waals surface area contributed by atoms with Crippen molar-refractivity contribution in [1.82, 2.24) is 4.90 Å². The van der Waals surface area contributed by atoms with Crippen molar-refractivity contribution in [2.24, 2.45) is 0 Å². The first-order valence-corrected chi connectivity index (χ1v) is 11.3. The van der Waals surface area contributed by atoms with E-state index in [0.29, 0.717) is 36.1 Å². The Balaban J connectivity index is 1.86. The van der Waals surface area contributed by atoms with Gasteiger partial charge in [-0.3, -0.25) is 9.59 Å². The van der Waals surface area contributed by atoms with Crippen molar-refractivity contribution in [3.63, 3.8) is 0 Å². The maximum atomic E-state index is 13.7. The average molecular weight is 484 g/mol. The summed E-state index contributed by atoms with van der Waals surface area (Å²) in [6.45, 7) is 8.85. The molecule has 6 heteroatoms. The lowest BCUT2D eigenvalue weighted by Gasteiger charge is -2.25. The number of benzene rings is 2. The molecule has 1 amide bonds. The van der Waals surface area contributed by atoms with E-state index < -0.39 is 6.04 Å². The van der Waals surface area contributed by atoms with Crippen molar-refractivity contribution in [3.8, 4) is 0 Å². The van der Waals surface area contributed by atoms with Crippen molar-refractivity contribution in [3.05, 3.63) is 79.1 Å². The Morgan fingerprint density at radius 2 is 1.94 bits per heavy atom. The third-order valence-corrected chi connectivity index (χ3v) is 6.06. The van der Waals surface area contributed by atoms with E-state index in [2.05, 4.69) is 15.9 Å². The van der Waals surface area contributed by atoms with Crippen LogP contribution in [-0.2, 0) is 4.74 Å². The van der Waals surface area contributed by atoms with Gasteiger partial charge in [0.05, 0.1) is 23.1 Å². The van der Waals surface area contributed by atoms with Crippen LogP contribution in [0.4, 0.5) is 0 Å². The molecule has 1 aromatic heterocycles. The van der Waals surface area contributed by atoms with Crippen molar-refractivity contribution in [1.29, 1.82) is 0 Å². The van der Waals surface area contributed by atoms with Crippen LogP contribution in [0.25, 0.3) is 11.0 Å². The lowest BCUT2D eigenvalue weighted by Crippen LogP contribution is -2.31. The molecule has 0 aliphatic carbocycles. The van der Waals surface area contributed by atoms with E-state index >= 15 is 0 Å². The fourth-order valence-corrected chi connectivity index (χ4v) is 4.74. The van der Waals surface area contributed by atoms with Crippen LogP contribution in [0.3, 0.4) is 0 Å². The Kier molecular flexibility index (Phi) is 6.04. The standard InChI is InChI=1S/C25H26BrNO4/c1-14(2)30-10-6-9-27-22(17-7-5-8-18(26)13-17)21-23(28)20-16(4)11-15(3)12-19(20)31-24(21)25(27)29/h5,7-8,11-14,22H,6,9-10H2,1-4H3. The Morgan fingerprint density at radius 1 is 1.16 bits per heavy atom. The number of carbonyl (C=O) groups excluding carboxylic acids is 1. The highest BCUT2D eigenvalue weighted by molar-refractivity contribution is 9.10. The molecule has 0 fully saturated rings. The molecule has 1 aliphatic heterocycles. The number of rotatable bonds is 6. The number of fused-ring (bicyclic) bond motifs is 2. The van der Waals surface area contributed by atoms with Gasteiger partial charge in [0, 0.05) is 17.6 Å². The molecular formula is C25H26BrNO4. The van der Waals surface area contributed by atoms with Crippen molar-refractivity contribution >= 4 is 32.8 Å². The Morgan fingerprint density at radius 3 is 2.65 bits per heavy atom. The van der Waals surface area contributed by atoms with Crippen molar-refractivity contribution < 1.29 is 13.9 Å². The lowest BCUT2D eigenvalue weighted by atomic mass is 9.97. The highest BCUT2D eigenvalue weighted by Crippen LogP contribution is 2.39. The van der Waals surface area contributed by atoms with Crippen molar-refractivity contribution in [2.45, 2.75) is 46.3 Å². The van der Waals surface area contributed by atoms with E-state index in [1.807, 2.05) is 64.1 Å². The third kappa shape index (κ3) is 4.06. The topological polar surface area (TPSA) is 59.8 Å². The summed E-state index contributed by atoms with van der Waals surface area (Å²) in [7, 11) is 0. The molecule has 0 bridgehead atoms. The number of halogens is 1. The smallest absolute Gasteiger partial charge is 0.290 e. The van der Waals surface area contributed by atoms with Gasteiger partial charge in [-0.25, -0.2) is 0 Å². The fourth-order valence-electron chi connectivity index (χ4n) is 4.32. The molecule has 1 atom stereocenters. The quantitative estimate of drug-likeness (QED) is 0.432. The van der Waals surface area contributed by atoms with Gasteiger partial charge in [-0.1, -0.05) is 34.1 Å². The first-order valence-electron chi connectivity index (χ1n) is 10.5. The van der Waals surface area contributed by atoms with Crippen LogP contribution in [0.2, 0.25) is 0 Å². The second kappa shape index (κ2) is 8.60. The van der Waals surface area contributed by atoms with Gasteiger partial charge >= 0.3 is 0 Å². The molecule has 1 aliphatic rings. The summed E-state index contributed by atoms with van der Waals surface area (Å²) < 4.78 is 12.6. The summed E-state index contributed by atoms with van der Waals surface area (Å²) in [4.78, 5) is 28.8. The van der Waals surface area contributed by atoms with E-state index in [-0.39, 0.29) is 23.2 Å². The molecule has 0 saturated heterocycles. The molecular weight excluding hydrogens is 458 g/mol. The van der Waals surface area contributed by atoms with Gasteiger partial charge in [0.2, 0.25) is 5.76 Å². The number of amides is 1. The number of carbonyl (C=O) groups is 1. The summed E-state index contributed by atoms with van der Waals surface area (Å²) in [5.74, 6) is -0.0973. The third-order valence-electron chi connectivity index (χ3n) is 5.57. The zero-order chi connectivity index (χ0) is 22.3. The molecule has 31 heavy (non-hydrogen) atoms. The van der Waals surface area contributed by atoms with Crippen LogP contribution >= 0.6 is 15.9 Å². The summed E-state index contributed by atoms with van der Waals surface area (Å²) in [5, 5.41) is 0.544. The predicted octanol–water partition coefficient (Wildman–Crippen LogP) is 5.53. The van der Waals surface area contributed by atoms with Gasteiger partial charge in [0.1, 0.15) is 5.58 Å². The second-order valence-corrected chi connectivity index (χ2v) is 9.27. The molecule has 0 N–H and O–H groups in total. The van der Waals surface area contributed by atoms with Crippen LogP contribution < -0.4 is 5.43 Å². The Labute approximate surface area is 190 Å². The zero-order valence-electron chi connectivity index (χ0n) is 18.2. The molecule has 0 saturated carbocycles. The molecule has 3 aromatic rings. The van der Waals surface area contributed by atoms with Gasteiger partial charge in [0.15, 0.2) is 5.43 Å². The normalized spacial score (nSPS) is 15.9.